The molecule has 2 saturated heterocycles. The number of carbonyl (C=O) groups is 2. The first-order valence-electron chi connectivity index (χ1n) is 13.5. The van der Waals surface area contributed by atoms with E-state index in [1.807, 2.05) is 13.8 Å². The molecular formula is C28H37F2N5O3. The quantitative estimate of drug-likeness (QED) is 0.451. The molecule has 206 valence electrons. The molecular weight excluding hydrogens is 492 g/mol. The zero-order chi connectivity index (χ0) is 27.1. The fourth-order valence-electron chi connectivity index (χ4n) is 4.95. The highest BCUT2D eigenvalue weighted by molar-refractivity contribution is 6.06. The summed E-state index contributed by atoms with van der Waals surface area (Å²) >= 11 is 0. The van der Waals surface area contributed by atoms with Crippen molar-refractivity contribution in [2.75, 3.05) is 32.8 Å². The first kappa shape index (κ1) is 28.0. The molecule has 2 aliphatic heterocycles. The fourth-order valence-corrected chi connectivity index (χ4v) is 4.95. The summed E-state index contributed by atoms with van der Waals surface area (Å²) in [6.07, 6.45) is 7.57. The summed E-state index contributed by atoms with van der Waals surface area (Å²) < 4.78 is 35.3. The van der Waals surface area contributed by atoms with E-state index in [0.717, 1.165) is 38.9 Å². The van der Waals surface area contributed by atoms with Crippen molar-refractivity contribution in [1.82, 2.24) is 25.5 Å². The molecule has 0 unspecified atom stereocenters. The zero-order valence-electron chi connectivity index (χ0n) is 22.1. The van der Waals surface area contributed by atoms with Gasteiger partial charge in [-0.15, -0.1) is 0 Å². The van der Waals surface area contributed by atoms with Gasteiger partial charge in [0, 0.05) is 12.1 Å². The number of alkyl halides is 1. The van der Waals surface area contributed by atoms with E-state index in [2.05, 4.69) is 25.5 Å². The lowest BCUT2D eigenvalue weighted by Crippen LogP contribution is -2.44. The van der Waals surface area contributed by atoms with Gasteiger partial charge in [-0.25, -0.2) is 18.7 Å². The molecule has 1 aromatic heterocycles. The number of aromatic nitrogens is 2. The van der Waals surface area contributed by atoms with Crippen LogP contribution >= 0.6 is 0 Å². The van der Waals surface area contributed by atoms with Crippen molar-refractivity contribution in [3.8, 4) is 17.1 Å². The maximum absolute atomic E-state index is 14.7. The fraction of sp³-hybridized carbons (Fsp3) is 0.571. The molecule has 2 aliphatic rings. The van der Waals surface area contributed by atoms with Gasteiger partial charge < -0.3 is 15.0 Å². The number of imide groups is 1. The van der Waals surface area contributed by atoms with E-state index in [0.29, 0.717) is 55.5 Å². The zero-order valence-corrected chi connectivity index (χ0v) is 22.1. The second-order valence-electron chi connectivity index (χ2n) is 10.3. The molecule has 0 aliphatic carbocycles. The number of carbonyl (C=O) groups excluding carboxylic acids is 2. The largest absolute Gasteiger partial charge is 0.490 e. The van der Waals surface area contributed by atoms with Crippen LogP contribution in [0.15, 0.2) is 30.6 Å². The Labute approximate surface area is 222 Å². The molecule has 0 saturated carbocycles. The molecule has 1 atom stereocenters. The molecule has 0 spiro atoms. The molecule has 2 aromatic rings. The summed E-state index contributed by atoms with van der Waals surface area (Å²) in [7, 11) is 0. The summed E-state index contributed by atoms with van der Waals surface area (Å²) in [6, 6.07) is 3.62. The molecule has 8 nitrogen and oxygen atoms in total. The summed E-state index contributed by atoms with van der Waals surface area (Å²) in [5.41, 5.74) is -0.915. The lowest BCUT2D eigenvalue weighted by atomic mass is 9.94. The Morgan fingerprint density at radius 3 is 2.47 bits per heavy atom. The van der Waals surface area contributed by atoms with Crippen LogP contribution in [0.2, 0.25) is 0 Å². The molecule has 3 heterocycles. The van der Waals surface area contributed by atoms with Crippen LogP contribution in [0.3, 0.4) is 0 Å². The summed E-state index contributed by atoms with van der Waals surface area (Å²) in [4.78, 5) is 35.3. The molecule has 0 bridgehead atoms. The number of halogens is 2. The molecule has 2 N–H and O–H groups in total. The third-order valence-corrected chi connectivity index (χ3v) is 7.68. The van der Waals surface area contributed by atoms with Gasteiger partial charge in [0.25, 0.3) is 5.91 Å². The van der Waals surface area contributed by atoms with Crippen molar-refractivity contribution in [2.45, 2.75) is 64.1 Å². The third kappa shape index (κ3) is 7.11. The molecule has 1 aromatic carbocycles. The van der Waals surface area contributed by atoms with Crippen LogP contribution in [0.1, 0.15) is 62.7 Å². The number of ether oxygens (including phenoxy) is 1. The SMILES string of the molecule is CCC(F)(CC)CN1CCC(COc2cnc(-c3ccc(C(=O)NC(=O)[C@@H]4CCCN4)c(F)c3)nc2)CC1. The lowest BCUT2D eigenvalue weighted by molar-refractivity contribution is -0.121. The Morgan fingerprint density at radius 2 is 1.87 bits per heavy atom. The number of nitrogens with one attached hydrogen (secondary N) is 2. The van der Waals surface area contributed by atoms with E-state index in [1.165, 1.54) is 12.1 Å². The van der Waals surface area contributed by atoms with E-state index < -0.39 is 29.3 Å². The third-order valence-electron chi connectivity index (χ3n) is 7.68. The lowest BCUT2D eigenvalue weighted by Gasteiger charge is -2.36. The van der Waals surface area contributed by atoms with Crippen molar-refractivity contribution >= 4 is 11.8 Å². The molecule has 2 fully saturated rings. The topological polar surface area (TPSA) is 96.5 Å². The number of likely N-dealkylation sites (tertiary alicyclic amines) is 1. The second-order valence-corrected chi connectivity index (χ2v) is 10.3. The molecule has 2 amide bonds. The summed E-state index contributed by atoms with van der Waals surface area (Å²) in [6.45, 7) is 7.28. The molecule has 38 heavy (non-hydrogen) atoms. The van der Waals surface area contributed by atoms with Crippen LogP contribution in [0, 0.1) is 11.7 Å². The Bertz CT molecular complexity index is 1100. The number of rotatable bonds is 10. The van der Waals surface area contributed by atoms with Crippen LogP contribution in [0.4, 0.5) is 8.78 Å². The smallest absolute Gasteiger partial charge is 0.260 e. The minimum atomic E-state index is -1.11. The van der Waals surface area contributed by atoms with Crippen LogP contribution in [0.5, 0.6) is 5.75 Å². The molecule has 10 heteroatoms. The highest BCUT2D eigenvalue weighted by Crippen LogP contribution is 2.26. The van der Waals surface area contributed by atoms with E-state index in [9.17, 15) is 18.4 Å². The van der Waals surface area contributed by atoms with E-state index in [4.69, 9.17) is 4.74 Å². The van der Waals surface area contributed by atoms with Gasteiger partial charge >= 0.3 is 0 Å². The van der Waals surface area contributed by atoms with Crippen LogP contribution in [-0.2, 0) is 4.79 Å². The highest BCUT2D eigenvalue weighted by atomic mass is 19.1. The van der Waals surface area contributed by atoms with Crippen molar-refractivity contribution in [3.05, 3.63) is 42.0 Å². The normalized spacial score (nSPS) is 18.9. The average molecular weight is 530 g/mol. The summed E-state index contributed by atoms with van der Waals surface area (Å²) in [5.74, 6) is -0.786. The standard InChI is InChI=1S/C28H37F2N5O3/c1-3-28(30,4-2)18-35-12-9-19(10-13-35)17-38-21-15-32-25(33-16-21)20-7-8-22(23(29)14-20)26(36)34-27(37)24-6-5-11-31-24/h7-8,14-16,19,24,31H,3-6,9-13,17-18H2,1-2H3,(H,34,36,37)/t24-/m0/s1. The number of hydrogen-bond donors (Lipinski definition) is 2. The van der Waals surface area contributed by atoms with Gasteiger partial charge in [-0.05, 0) is 76.2 Å². The maximum atomic E-state index is 14.7. The number of piperidine rings is 1. The predicted octanol–water partition coefficient (Wildman–Crippen LogP) is 3.91. The van der Waals surface area contributed by atoms with Gasteiger partial charge in [-0.2, -0.15) is 0 Å². The number of benzene rings is 1. The number of nitrogens with zero attached hydrogens (tertiary/aromatic N) is 3. The second kappa shape index (κ2) is 12.7. The van der Waals surface area contributed by atoms with Crippen LogP contribution < -0.4 is 15.4 Å². The van der Waals surface area contributed by atoms with Gasteiger partial charge in [0.1, 0.15) is 11.5 Å². The molecule has 0 radical (unpaired) electrons. The van der Waals surface area contributed by atoms with Crippen molar-refractivity contribution in [3.63, 3.8) is 0 Å². The Morgan fingerprint density at radius 1 is 1.16 bits per heavy atom. The average Bonchev–Trinajstić information content (AvgIpc) is 3.48. The Balaban J connectivity index is 1.26. The van der Waals surface area contributed by atoms with Gasteiger partial charge in [-0.1, -0.05) is 19.9 Å². The Kier molecular flexibility index (Phi) is 9.38. The van der Waals surface area contributed by atoms with Gasteiger partial charge in [0.2, 0.25) is 5.91 Å². The minimum absolute atomic E-state index is 0.215. The maximum Gasteiger partial charge on any atom is 0.260 e. The van der Waals surface area contributed by atoms with E-state index >= 15 is 0 Å². The predicted molar refractivity (Wildman–Crippen MR) is 140 cm³/mol. The first-order chi connectivity index (χ1) is 18.3. The summed E-state index contributed by atoms with van der Waals surface area (Å²) in [5, 5.41) is 5.26. The van der Waals surface area contributed by atoms with Crippen molar-refractivity contribution < 1.29 is 23.1 Å². The van der Waals surface area contributed by atoms with Crippen molar-refractivity contribution in [1.29, 1.82) is 0 Å². The van der Waals surface area contributed by atoms with E-state index in [1.54, 1.807) is 18.5 Å². The highest BCUT2D eigenvalue weighted by Gasteiger charge is 2.30. The van der Waals surface area contributed by atoms with Crippen LogP contribution in [-0.4, -0.2) is 71.2 Å². The van der Waals surface area contributed by atoms with Crippen LogP contribution in [0.25, 0.3) is 11.4 Å². The van der Waals surface area contributed by atoms with Gasteiger partial charge in [-0.3, -0.25) is 14.9 Å². The van der Waals surface area contributed by atoms with Gasteiger partial charge in [0.05, 0.1) is 30.6 Å². The Hall–Kier alpha value is -2.98. The molecule has 4 rings (SSSR count). The van der Waals surface area contributed by atoms with Gasteiger partial charge in [0.15, 0.2) is 11.6 Å². The van der Waals surface area contributed by atoms with E-state index in [-0.39, 0.29) is 5.56 Å². The first-order valence-corrected chi connectivity index (χ1v) is 13.5. The van der Waals surface area contributed by atoms with Crippen molar-refractivity contribution in [2.24, 2.45) is 5.92 Å². The monoisotopic (exact) mass is 529 g/mol. The number of amides is 2. The minimum Gasteiger partial charge on any atom is -0.490 e. The number of hydrogen-bond acceptors (Lipinski definition) is 7.